The summed E-state index contributed by atoms with van der Waals surface area (Å²) in [6.45, 7) is 4.08. The Morgan fingerprint density at radius 1 is 1.04 bits per heavy atom. The molecular weight excluding hydrogens is 334 g/mol. The van der Waals surface area contributed by atoms with Crippen LogP contribution in [0.4, 0.5) is 8.78 Å². The molecule has 3 aliphatic rings. The lowest BCUT2D eigenvalue weighted by Crippen LogP contribution is -2.37. The number of hydrogen-bond acceptors (Lipinski definition) is 2. The van der Waals surface area contributed by atoms with Crippen molar-refractivity contribution in [3.05, 3.63) is 35.4 Å². The fraction of sp³-hybridized carbons (Fsp3) is 0.667. The van der Waals surface area contributed by atoms with Crippen LogP contribution >= 0.6 is 0 Å². The molecule has 0 radical (unpaired) electrons. The van der Waals surface area contributed by atoms with Gasteiger partial charge in [0.15, 0.2) is 0 Å². The van der Waals surface area contributed by atoms with Crippen molar-refractivity contribution in [2.24, 2.45) is 17.8 Å². The van der Waals surface area contributed by atoms with E-state index >= 15 is 0 Å². The first-order valence-corrected chi connectivity index (χ1v) is 10.0. The molecule has 2 saturated heterocycles. The lowest BCUT2D eigenvalue weighted by Gasteiger charge is -2.32. The Bertz CT molecular complexity index is 645. The zero-order chi connectivity index (χ0) is 18.1. The highest BCUT2D eigenvalue weighted by molar-refractivity contribution is 5.76. The normalized spacial score (nSPS) is 27.1. The Morgan fingerprint density at radius 3 is 2.42 bits per heavy atom. The maximum absolute atomic E-state index is 13.8. The maximum Gasteiger partial charge on any atom is 0.222 e. The predicted octanol–water partition coefficient (Wildman–Crippen LogP) is 3.83. The van der Waals surface area contributed by atoms with E-state index in [-0.39, 0.29) is 5.82 Å². The average Bonchev–Trinajstić information content (AvgIpc) is 3.22. The number of fused-ring (bicyclic) bond motifs is 1. The van der Waals surface area contributed by atoms with Gasteiger partial charge in [0.1, 0.15) is 11.6 Å². The van der Waals surface area contributed by atoms with Crippen molar-refractivity contribution >= 4 is 5.91 Å². The largest absolute Gasteiger partial charge is 0.342 e. The summed E-state index contributed by atoms with van der Waals surface area (Å²) in [7, 11) is 0. The Labute approximate surface area is 154 Å². The molecule has 142 valence electrons. The third-order valence-electron chi connectivity index (χ3n) is 6.65. The van der Waals surface area contributed by atoms with E-state index in [0.717, 1.165) is 56.9 Å². The molecule has 0 N–H and O–H groups in total. The highest BCUT2D eigenvalue weighted by Crippen LogP contribution is 2.38. The molecule has 1 aromatic carbocycles. The van der Waals surface area contributed by atoms with Crippen molar-refractivity contribution in [1.82, 2.24) is 9.80 Å². The fourth-order valence-corrected chi connectivity index (χ4v) is 5.07. The Kier molecular flexibility index (Phi) is 5.25. The second kappa shape index (κ2) is 7.63. The van der Waals surface area contributed by atoms with Crippen molar-refractivity contribution in [2.75, 3.05) is 26.2 Å². The van der Waals surface area contributed by atoms with Crippen LogP contribution in [0.3, 0.4) is 0 Å². The second-order valence-electron chi connectivity index (χ2n) is 8.41. The minimum Gasteiger partial charge on any atom is -0.342 e. The van der Waals surface area contributed by atoms with Crippen LogP contribution in [0.15, 0.2) is 18.2 Å². The van der Waals surface area contributed by atoms with Gasteiger partial charge in [-0.15, -0.1) is 0 Å². The molecular formula is C21H28F2N2O. The first kappa shape index (κ1) is 17.9. The van der Waals surface area contributed by atoms with Crippen LogP contribution in [0.2, 0.25) is 0 Å². The molecule has 3 nitrogen and oxygen atoms in total. The average molecular weight is 362 g/mol. The number of hydrogen-bond donors (Lipinski definition) is 0. The molecule has 4 rings (SSSR count). The fourth-order valence-electron chi connectivity index (χ4n) is 5.07. The van der Waals surface area contributed by atoms with Crippen molar-refractivity contribution < 1.29 is 13.6 Å². The van der Waals surface area contributed by atoms with Crippen LogP contribution in [0.25, 0.3) is 0 Å². The summed E-state index contributed by atoms with van der Waals surface area (Å²) in [5.74, 6) is 1.52. The molecule has 0 aromatic heterocycles. The zero-order valence-corrected chi connectivity index (χ0v) is 15.3. The molecule has 3 fully saturated rings. The van der Waals surface area contributed by atoms with Gasteiger partial charge in [-0.1, -0.05) is 6.42 Å². The number of rotatable bonds is 4. The first-order chi connectivity index (χ1) is 12.6. The zero-order valence-electron chi connectivity index (χ0n) is 15.3. The standard InChI is InChI=1S/C21H28F2N2O/c22-19-4-5-20(23)18(11-19)12-24-8-6-15(7-9-24)10-21(26)25-13-16-2-1-3-17(16)14-25/h4-5,11,15-17H,1-3,6-10,12-14H2. The predicted molar refractivity (Wildman–Crippen MR) is 96.4 cm³/mol. The van der Waals surface area contributed by atoms with Gasteiger partial charge in [0.05, 0.1) is 0 Å². The number of piperidine rings is 1. The number of amides is 1. The summed E-state index contributed by atoms with van der Waals surface area (Å²) < 4.78 is 27.1. The van der Waals surface area contributed by atoms with Crippen LogP contribution in [-0.4, -0.2) is 41.9 Å². The van der Waals surface area contributed by atoms with E-state index in [1.807, 2.05) is 0 Å². The number of benzene rings is 1. The minimum atomic E-state index is -0.391. The van der Waals surface area contributed by atoms with Gasteiger partial charge in [-0.2, -0.15) is 0 Å². The van der Waals surface area contributed by atoms with Crippen molar-refractivity contribution in [3.8, 4) is 0 Å². The molecule has 5 heteroatoms. The Hall–Kier alpha value is -1.49. The molecule has 2 aliphatic heterocycles. The molecule has 1 amide bonds. The summed E-state index contributed by atoms with van der Waals surface area (Å²) in [5, 5.41) is 0. The first-order valence-electron chi connectivity index (χ1n) is 10.0. The summed E-state index contributed by atoms with van der Waals surface area (Å²) in [6, 6.07) is 3.64. The number of nitrogens with zero attached hydrogens (tertiary/aromatic N) is 2. The van der Waals surface area contributed by atoms with Gasteiger partial charge in [0.2, 0.25) is 5.91 Å². The summed E-state index contributed by atoms with van der Waals surface area (Å²) >= 11 is 0. The molecule has 2 unspecified atom stereocenters. The highest BCUT2D eigenvalue weighted by Gasteiger charge is 2.38. The van der Waals surface area contributed by atoms with E-state index < -0.39 is 5.82 Å². The molecule has 2 atom stereocenters. The van der Waals surface area contributed by atoms with Crippen LogP contribution in [0.1, 0.15) is 44.1 Å². The smallest absolute Gasteiger partial charge is 0.222 e. The van der Waals surface area contributed by atoms with E-state index in [1.165, 1.54) is 31.4 Å². The molecule has 0 spiro atoms. The minimum absolute atomic E-state index is 0.328. The number of likely N-dealkylation sites (tertiary alicyclic amines) is 2. The van der Waals surface area contributed by atoms with Gasteiger partial charge in [0.25, 0.3) is 0 Å². The van der Waals surface area contributed by atoms with Gasteiger partial charge in [0, 0.05) is 31.6 Å². The van der Waals surface area contributed by atoms with Crippen LogP contribution < -0.4 is 0 Å². The molecule has 1 aliphatic carbocycles. The summed E-state index contributed by atoms with van der Waals surface area (Å²) in [6.07, 6.45) is 6.50. The van der Waals surface area contributed by atoms with E-state index in [2.05, 4.69) is 9.80 Å². The van der Waals surface area contributed by atoms with E-state index in [0.29, 0.717) is 30.4 Å². The highest BCUT2D eigenvalue weighted by atomic mass is 19.1. The number of halogens is 2. The van der Waals surface area contributed by atoms with Gasteiger partial charge in [-0.05, 0) is 74.7 Å². The van der Waals surface area contributed by atoms with Crippen LogP contribution in [-0.2, 0) is 11.3 Å². The maximum atomic E-state index is 13.8. The van der Waals surface area contributed by atoms with Crippen molar-refractivity contribution in [1.29, 1.82) is 0 Å². The summed E-state index contributed by atoms with van der Waals surface area (Å²) in [4.78, 5) is 16.9. The van der Waals surface area contributed by atoms with Gasteiger partial charge < -0.3 is 4.90 Å². The molecule has 0 bridgehead atoms. The molecule has 1 aromatic rings. The van der Waals surface area contributed by atoms with E-state index in [4.69, 9.17) is 0 Å². The van der Waals surface area contributed by atoms with Gasteiger partial charge in [-0.3, -0.25) is 9.69 Å². The Morgan fingerprint density at radius 2 is 1.73 bits per heavy atom. The third-order valence-corrected chi connectivity index (χ3v) is 6.65. The SMILES string of the molecule is O=C(CC1CCN(Cc2cc(F)ccc2F)CC1)N1CC2CCCC2C1. The van der Waals surface area contributed by atoms with E-state index in [1.54, 1.807) is 0 Å². The topological polar surface area (TPSA) is 23.6 Å². The Balaban J connectivity index is 1.23. The molecule has 2 heterocycles. The quantitative estimate of drug-likeness (QED) is 0.813. The molecule has 26 heavy (non-hydrogen) atoms. The van der Waals surface area contributed by atoms with Gasteiger partial charge in [-0.25, -0.2) is 8.78 Å². The third kappa shape index (κ3) is 3.93. The lowest BCUT2D eigenvalue weighted by molar-refractivity contribution is -0.131. The lowest BCUT2D eigenvalue weighted by atomic mass is 9.92. The van der Waals surface area contributed by atoms with E-state index in [9.17, 15) is 13.6 Å². The number of carbonyl (C=O) groups is 1. The van der Waals surface area contributed by atoms with Crippen LogP contribution in [0, 0.1) is 29.4 Å². The summed E-state index contributed by atoms with van der Waals surface area (Å²) in [5.41, 5.74) is 0.420. The second-order valence-corrected chi connectivity index (χ2v) is 8.41. The number of carbonyl (C=O) groups excluding carboxylic acids is 1. The van der Waals surface area contributed by atoms with Gasteiger partial charge >= 0.3 is 0 Å². The monoisotopic (exact) mass is 362 g/mol. The van der Waals surface area contributed by atoms with Crippen molar-refractivity contribution in [3.63, 3.8) is 0 Å². The van der Waals surface area contributed by atoms with Crippen LogP contribution in [0.5, 0.6) is 0 Å². The molecule has 1 saturated carbocycles. The van der Waals surface area contributed by atoms with Crippen molar-refractivity contribution in [2.45, 2.75) is 45.1 Å².